The molecule has 0 saturated carbocycles. The molecular weight excluding hydrogens is 328 g/mol. The minimum Gasteiger partial charge on any atom is -0.496 e. The molecule has 1 fully saturated rings. The molecule has 0 aliphatic carbocycles. The zero-order valence-electron chi connectivity index (χ0n) is 15.8. The van der Waals surface area contributed by atoms with Crippen molar-refractivity contribution in [3.63, 3.8) is 0 Å². The zero-order valence-corrected chi connectivity index (χ0v) is 15.8. The number of piperazine rings is 1. The van der Waals surface area contributed by atoms with Gasteiger partial charge >= 0.3 is 0 Å². The van der Waals surface area contributed by atoms with E-state index in [4.69, 9.17) is 14.2 Å². The quantitative estimate of drug-likeness (QED) is 0.826. The number of nitrogens with zero attached hydrogens (tertiary/aromatic N) is 1. The maximum Gasteiger partial charge on any atom is 0.161 e. The van der Waals surface area contributed by atoms with Crippen LogP contribution in [0, 0.1) is 0 Å². The summed E-state index contributed by atoms with van der Waals surface area (Å²) in [6, 6.07) is 14.6. The largest absolute Gasteiger partial charge is 0.496 e. The molecule has 2 aromatic carbocycles. The molecule has 1 heterocycles. The highest BCUT2D eigenvalue weighted by Crippen LogP contribution is 2.38. The Morgan fingerprint density at radius 3 is 2.38 bits per heavy atom. The van der Waals surface area contributed by atoms with Crippen LogP contribution in [-0.4, -0.2) is 51.9 Å². The minimum atomic E-state index is 0.109. The zero-order chi connectivity index (χ0) is 18.4. The number of rotatable bonds is 7. The van der Waals surface area contributed by atoms with Crippen molar-refractivity contribution in [1.82, 2.24) is 10.2 Å². The molecule has 5 nitrogen and oxygen atoms in total. The van der Waals surface area contributed by atoms with E-state index in [1.165, 1.54) is 11.1 Å². The lowest BCUT2D eigenvalue weighted by Crippen LogP contribution is -2.45. The van der Waals surface area contributed by atoms with Gasteiger partial charge in [-0.2, -0.15) is 0 Å². The summed E-state index contributed by atoms with van der Waals surface area (Å²) in [5.74, 6) is 2.45. The predicted octanol–water partition coefficient (Wildman–Crippen LogP) is 3.10. The van der Waals surface area contributed by atoms with Gasteiger partial charge in [0.25, 0.3) is 0 Å². The van der Waals surface area contributed by atoms with Gasteiger partial charge < -0.3 is 19.5 Å². The maximum atomic E-state index is 5.69. The van der Waals surface area contributed by atoms with Crippen LogP contribution in [-0.2, 0) is 0 Å². The predicted molar refractivity (Wildman–Crippen MR) is 103 cm³/mol. The third kappa shape index (κ3) is 3.94. The SMILES string of the molecule is CCOc1ccc(C(c2ccccc2OC)N2CCNCC2)cc1OC. The van der Waals surface area contributed by atoms with Crippen molar-refractivity contribution in [1.29, 1.82) is 0 Å². The number of ether oxygens (including phenoxy) is 3. The number of para-hydroxylation sites is 1. The summed E-state index contributed by atoms with van der Waals surface area (Å²) >= 11 is 0. The summed E-state index contributed by atoms with van der Waals surface area (Å²) in [5.41, 5.74) is 2.35. The average molecular weight is 356 g/mol. The van der Waals surface area contributed by atoms with Crippen molar-refractivity contribution in [3.8, 4) is 17.2 Å². The highest BCUT2D eigenvalue weighted by Gasteiger charge is 2.27. The number of methoxy groups -OCH3 is 2. The topological polar surface area (TPSA) is 43.0 Å². The van der Waals surface area contributed by atoms with E-state index in [2.05, 4.69) is 34.5 Å². The standard InChI is InChI=1S/C21H28N2O3/c1-4-26-19-10-9-16(15-20(19)25-3)21(23-13-11-22-12-14-23)17-7-5-6-8-18(17)24-2/h5-10,15,21-22H,4,11-14H2,1-3H3. The van der Waals surface area contributed by atoms with Crippen molar-refractivity contribution in [2.75, 3.05) is 47.0 Å². The van der Waals surface area contributed by atoms with Gasteiger partial charge in [0.15, 0.2) is 11.5 Å². The van der Waals surface area contributed by atoms with Crippen molar-refractivity contribution in [2.45, 2.75) is 13.0 Å². The number of nitrogens with one attached hydrogen (secondary N) is 1. The van der Waals surface area contributed by atoms with Gasteiger partial charge in [0.1, 0.15) is 5.75 Å². The first-order chi connectivity index (χ1) is 12.8. The van der Waals surface area contributed by atoms with Gasteiger partial charge in [0.05, 0.1) is 26.9 Å². The number of benzene rings is 2. The minimum absolute atomic E-state index is 0.109. The van der Waals surface area contributed by atoms with Crippen LogP contribution >= 0.6 is 0 Å². The first-order valence-corrected chi connectivity index (χ1v) is 9.17. The Morgan fingerprint density at radius 1 is 0.962 bits per heavy atom. The second-order valence-corrected chi connectivity index (χ2v) is 6.27. The monoisotopic (exact) mass is 356 g/mol. The Hall–Kier alpha value is -2.24. The van der Waals surface area contributed by atoms with Crippen LogP contribution in [0.25, 0.3) is 0 Å². The highest BCUT2D eigenvalue weighted by atomic mass is 16.5. The smallest absolute Gasteiger partial charge is 0.161 e. The van der Waals surface area contributed by atoms with Crippen LogP contribution in [0.5, 0.6) is 17.2 Å². The second kappa shape index (κ2) is 8.92. The molecule has 1 atom stereocenters. The Morgan fingerprint density at radius 2 is 1.69 bits per heavy atom. The van der Waals surface area contributed by atoms with E-state index in [1.54, 1.807) is 14.2 Å². The number of hydrogen-bond acceptors (Lipinski definition) is 5. The van der Waals surface area contributed by atoms with Crippen LogP contribution in [0.4, 0.5) is 0 Å². The fraction of sp³-hybridized carbons (Fsp3) is 0.429. The summed E-state index contributed by atoms with van der Waals surface area (Å²) < 4.78 is 16.9. The Balaban J connectivity index is 2.05. The van der Waals surface area contributed by atoms with E-state index in [1.807, 2.05) is 25.1 Å². The van der Waals surface area contributed by atoms with Crippen LogP contribution in [0.3, 0.4) is 0 Å². The average Bonchev–Trinajstić information content (AvgIpc) is 2.70. The molecule has 1 aliphatic heterocycles. The molecule has 26 heavy (non-hydrogen) atoms. The van der Waals surface area contributed by atoms with Crippen LogP contribution in [0.2, 0.25) is 0 Å². The lowest BCUT2D eigenvalue weighted by molar-refractivity contribution is 0.195. The van der Waals surface area contributed by atoms with E-state index in [0.717, 1.165) is 43.4 Å². The molecule has 0 aromatic heterocycles. The van der Waals surface area contributed by atoms with Crippen molar-refractivity contribution >= 4 is 0 Å². The maximum absolute atomic E-state index is 5.69. The Labute approximate surface area is 155 Å². The van der Waals surface area contributed by atoms with Crippen LogP contribution in [0.15, 0.2) is 42.5 Å². The molecule has 5 heteroatoms. The molecule has 0 spiro atoms. The lowest BCUT2D eigenvalue weighted by atomic mass is 9.95. The molecule has 0 radical (unpaired) electrons. The highest BCUT2D eigenvalue weighted by molar-refractivity contribution is 5.48. The summed E-state index contributed by atoms with van der Waals surface area (Å²) in [4.78, 5) is 2.49. The molecule has 2 aromatic rings. The van der Waals surface area contributed by atoms with Gasteiger partial charge in [0.2, 0.25) is 0 Å². The van der Waals surface area contributed by atoms with Gasteiger partial charge in [-0.1, -0.05) is 24.3 Å². The molecule has 1 aliphatic rings. The fourth-order valence-electron chi connectivity index (χ4n) is 3.55. The van der Waals surface area contributed by atoms with E-state index >= 15 is 0 Å². The van der Waals surface area contributed by atoms with Gasteiger partial charge in [-0.25, -0.2) is 0 Å². The van der Waals surface area contributed by atoms with Crippen molar-refractivity contribution in [2.24, 2.45) is 0 Å². The molecule has 0 amide bonds. The third-order valence-corrected chi connectivity index (χ3v) is 4.75. The van der Waals surface area contributed by atoms with Crippen molar-refractivity contribution < 1.29 is 14.2 Å². The first kappa shape index (κ1) is 18.5. The third-order valence-electron chi connectivity index (χ3n) is 4.75. The molecule has 0 bridgehead atoms. The van der Waals surface area contributed by atoms with Crippen LogP contribution < -0.4 is 19.5 Å². The fourth-order valence-corrected chi connectivity index (χ4v) is 3.55. The van der Waals surface area contributed by atoms with E-state index in [0.29, 0.717) is 6.61 Å². The number of hydrogen-bond donors (Lipinski definition) is 1. The van der Waals surface area contributed by atoms with E-state index in [-0.39, 0.29) is 6.04 Å². The van der Waals surface area contributed by atoms with Crippen LogP contribution in [0.1, 0.15) is 24.1 Å². The van der Waals surface area contributed by atoms with Gasteiger partial charge in [-0.15, -0.1) is 0 Å². The lowest BCUT2D eigenvalue weighted by Gasteiger charge is -2.36. The normalized spacial score (nSPS) is 16.1. The Kier molecular flexibility index (Phi) is 6.36. The molecule has 140 valence electrons. The summed E-state index contributed by atoms with van der Waals surface area (Å²) in [6.07, 6.45) is 0. The van der Waals surface area contributed by atoms with Gasteiger partial charge in [0, 0.05) is 31.7 Å². The summed E-state index contributed by atoms with van der Waals surface area (Å²) in [6.45, 7) is 6.53. The Bertz CT molecular complexity index is 714. The van der Waals surface area contributed by atoms with Gasteiger partial charge in [-0.05, 0) is 30.7 Å². The van der Waals surface area contributed by atoms with Gasteiger partial charge in [-0.3, -0.25) is 4.90 Å². The molecular formula is C21H28N2O3. The molecule has 1 saturated heterocycles. The molecule has 3 rings (SSSR count). The first-order valence-electron chi connectivity index (χ1n) is 9.17. The van der Waals surface area contributed by atoms with E-state index < -0.39 is 0 Å². The van der Waals surface area contributed by atoms with E-state index in [9.17, 15) is 0 Å². The summed E-state index contributed by atoms with van der Waals surface area (Å²) in [7, 11) is 3.41. The molecule has 1 N–H and O–H groups in total. The second-order valence-electron chi connectivity index (χ2n) is 6.27. The molecule has 1 unspecified atom stereocenters. The van der Waals surface area contributed by atoms with Crippen molar-refractivity contribution in [3.05, 3.63) is 53.6 Å². The summed E-state index contributed by atoms with van der Waals surface area (Å²) in [5, 5.41) is 3.43.